The van der Waals surface area contributed by atoms with Crippen LogP contribution in [-0.4, -0.2) is 82.9 Å². The van der Waals surface area contributed by atoms with E-state index < -0.39 is 28.7 Å². The van der Waals surface area contributed by atoms with Gasteiger partial charge in [0.2, 0.25) is 0 Å². The first-order valence-corrected chi connectivity index (χ1v) is 13.7. The molecular formula is C23H30F3N3O4S2. The van der Waals surface area contributed by atoms with E-state index in [2.05, 4.69) is 12.2 Å². The lowest BCUT2D eigenvalue weighted by atomic mass is 9.88. The second kappa shape index (κ2) is 10.3. The van der Waals surface area contributed by atoms with Crippen LogP contribution in [0.4, 0.5) is 18.9 Å². The maximum Gasteiger partial charge on any atom is 0.273 e. The number of nitrogens with zero attached hydrogens (tertiary/aromatic N) is 2. The van der Waals surface area contributed by atoms with Crippen LogP contribution in [0.2, 0.25) is 0 Å². The topological polar surface area (TPSA) is 82.1 Å². The summed E-state index contributed by atoms with van der Waals surface area (Å²) in [6.45, 7) is 3.95. The first kappa shape index (κ1) is 26.4. The first-order chi connectivity index (χ1) is 16.6. The van der Waals surface area contributed by atoms with Gasteiger partial charge in [0.1, 0.15) is 10.9 Å². The molecule has 7 nitrogen and oxygen atoms in total. The number of rotatable bonds is 10. The lowest BCUT2D eigenvalue weighted by molar-refractivity contribution is -0.114. The quantitative estimate of drug-likeness (QED) is 0.489. The highest BCUT2D eigenvalue weighted by molar-refractivity contribution is 7.91. The van der Waals surface area contributed by atoms with Crippen LogP contribution in [0.1, 0.15) is 12.5 Å². The van der Waals surface area contributed by atoms with Gasteiger partial charge in [-0.2, -0.15) is 4.31 Å². The van der Waals surface area contributed by atoms with Gasteiger partial charge in [-0.05, 0) is 29.1 Å². The molecule has 2 saturated heterocycles. The van der Waals surface area contributed by atoms with Crippen molar-refractivity contribution in [3.05, 3.63) is 47.3 Å². The first-order valence-electron chi connectivity index (χ1n) is 11.3. The molecule has 1 unspecified atom stereocenters. The Kier molecular flexibility index (Phi) is 7.79. The van der Waals surface area contributed by atoms with E-state index in [1.807, 2.05) is 4.90 Å². The smallest absolute Gasteiger partial charge is 0.273 e. The maximum absolute atomic E-state index is 13.2. The van der Waals surface area contributed by atoms with Gasteiger partial charge in [-0.15, -0.1) is 11.3 Å². The maximum atomic E-state index is 13.2. The monoisotopic (exact) mass is 533 g/mol. The highest BCUT2D eigenvalue weighted by Gasteiger charge is 2.41. The van der Waals surface area contributed by atoms with Crippen molar-refractivity contribution in [2.75, 3.05) is 57.5 Å². The van der Waals surface area contributed by atoms with Crippen LogP contribution in [0.5, 0.6) is 0 Å². The second-order valence-corrected chi connectivity index (χ2v) is 12.6. The summed E-state index contributed by atoms with van der Waals surface area (Å²) in [4.78, 5) is 2.02. The zero-order valence-electron chi connectivity index (χ0n) is 19.4. The number of nitrogens with one attached hydrogen (secondary N) is 1. The molecule has 0 aliphatic carbocycles. The molecule has 194 valence electrons. The van der Waals surface area contributed by atoms with E-state index in [4.69, 9.17) is 4.74 Å². The molecule has 1 aromatic heterocycles. The summed E-state index contributed by atoms with van der Waals surface area (Å²) in [7, 11) is -3.62. The third-order valence-corrected chi connectivity index (χ3v) is 9.87. The number of ether oxygens (including phenoxy) is 1. The van der Waals surface area contributed by atoms with Gasteiger partial charge < -0.3 is 20.1 Å². The summed E-state index contributed by atoms with van der Waals surface area (Å²) >= 11 is 1.17. The van der Waals surface area contributed by atoms with Gasteiger partial charge in [-0.1, -0.05) is 25.1 Å². The van der Waals surface area contributed by atoms with Crippen LogP contribution >= 0.6 is 11.3 Å². The lowest BCUT2D eigenvalue weighted by Crippen LogP contribution is -2.59. The predicted octanol–water partition coefficient (Wildman–Crippen LogP) is 2.68. The normalized spacial score (nSPS) is 22.7. The molecular weight excluding hydrogens is 503 g/mol. The number of sulfonamides is 1. The van der Waals surface area contributed by atoms with Crippen molar-refractivity contribution in [3.8, 4) is 0 Å². The lowest BCUT2D eigenvalue weighted by Gasteiger charge is -2.43. The average molecular weight is 534 g/mol. The number of hydrogen-bond acceptors (Lipinski definition) is 7. The Hall–Kier alpha value is -1.70. The van der Waals surface area contributed by atoms with Crippen molar-refractivity contribution in [1.82, 2.24) is 9.62 Å². The Labute approximate surface area is 207 Å². The van der Waals surface area contributed by atoms with Crippen molar-refractivity contribution in [3.63, 3.8) is 0 Å². The molecule has 2 aromatic rings. The standard InChI is InChI=1S/C23H30F3N3O4S2/c1-22(15-33-16-22)14-27-11-19-12-28(35(31,32)20-3-2-10-34-20)8-9-29(19)18-6-4-17(5-7-18)23(30,13-24)21(25)26/h2-7,10,19,21,27,30H,8-9,11-16H2,1H3/t19-,23?/m0/s1. The van der Waals surface area contributed by atoms with E-state index in [1.54, 1.807) is 29.6 Å². The zero-order valence-corrected chi connectivity index (χ0v) is 21.0. The van der Waals surface area contributed by atoms with Crippen LogP contribution in [0.25, 0.3) is 0 Å². The molecule has 2 aliphatic rings. The fourth-order valence-electron chi connectivity index (χ4n) is 4.39. The summed E-state index contributed by atoms with van der Waals surface area (Å²) in [6.07, 6.45) is -3.27. The van der Waals surface area contributed by atoms with E-state index in [1.165, 1.54) is 27.8 Å². The highest BCUT2D eigenvalue weighted by Crippen LogP contribution is 2.32. The largest absolute Gasteiger partial charge is 0.380 e. The van der Waals surface area contributed by atoms with E-state index in [0.717, 1.165) is 0 Å². The van der Waals surface area contributed by atoms with E-state index in [0.29, 0.717) is 42.7 Å². The number of aliphatic hydroxyl groups is 1. The molecule has 0 spiro atoms. The Bertz CT molecular complexity index is 1080. The Balaban J connectivity index is 1.53. The van der Waals surface area contributed by atoms with Crippen LogP contribution in [0, 0.1) is 5.41 Å². The van der Waals surface area contributed by atoms with Crippen molar-refractivity contribution < 1.29 is 31.4 Å². The molecule has 35 heavy (non-hydrogen) atoms. The molecule has 0 amide bonds. The minimum atomic E-state index is -3.62. The Morgan fingerprint density at radius 3 is 2.51 bits per heavy atom. The highest BCUT2D eigenvalue weighted by atomic mass is 32.2. The number of anilines is 1. The fourth-order valence-corrected chi connectivity index (χ4v) is 7.01. The molecule has 2 aliphatic heterocycles. The Morgan fingerprint density at radius 1 is 1.26 bits per heavy atom. The van der Waals surface area contributed by atoms with Gasteiger partial charge in [-0.3, -0.25) is 0 Å². The summed E-state index contributed by atoms with van der Waals surface area (Å²) in [5, 5.41) is 15.2. The summed E-state index contributed by atoms with van der Waals surface area (Å²) in [5.41, 5.74) is -2.34. The van der Waals surface area contributed by atoms with Gasteiger partial charge in [0.15, 0.2) is 5.60 Å². The van der Waals surface area contributed by atoms with Gasteiger partial charge >= 0.3 is 0 Å². The van der Waals surface area contributed by atoms with Crippen LogP contribution < -0.4 is 10.2 Å². The molecule has 0 radical (unpaired) electrons. The molecule has 2 fully saturated rings. The SMILES string of the molecule is CC1(CNC[C@H]2CN(S(=O)(=O)c3cccs3)CCN2c2ccc(C(O)(CF)C(F)F)cc2)COC1. The van der Waals surface area contributed by atoms with Crippen LogP contribution in [0.15, 0.2) is 46.0 Å². The second-order valence-electron chi connectivity index (χ2n) is 9.48. The van der Waals surface area contributed by atoms with Gasteiger partial charge in [0.25, 0.3) is 16.4 Å². The van der Waals surface area contributed by atoms with Gasteiger partial charge in [0.05, 0.1) is 19.3 Å². The summed E-state index contributed by atoms with van der Waals surface area (Å²) in [5.74, 6) is 0. The number of halogens is 3. The van der Waals surface area contributed by atoms with Gasteiger partial charge in [0, 0.05) is 43.8 Å². The molecule has 2 N–H and O–H groups in total. The number of hydrogen-bond donors (Lipinski definition) is 2. The average Bonchev–Trinajstić information content (AvgIpc) is 3.38. The third-order valence-electron chi connectivity index (χ3n) is 6.63. The minimum absolute atomic E-state index is 0.0377. The van der Waals surface area contributed by atoms with Gasteiger partial charge in [-0.25, -0.2) is 21.6 Å². The molecule has 3 heterocycles. The van der Waals surface area contributed by atoms with E-state index >= 15 is 0 Å². The number of thiophene rings is 1. The molecule has 0 saturated carbocycles. The Morgan fingerprint density at radius 2 is 1.97 bits per heavy atom. The summed E-state index contributed by atoms with van der Waals surface area (Å²) < 4.78 is 73.0. The fraction of sp³-hybridized carbons (Fsp3) is 0.565. The summed E-state index contributed by atoms with van der Waals surface area (Å²) in [6, 6.07) is 8.79. The van der Waals surface area contributed by atoms with Crippen LogP contribution in [0.3, 0.4) is 0 Å². The molecule has 2 atom stereocenters. The van der Waals surface area contributed by atoms with E-state index in [9.17, 15) is 26.7 Å². The molecule has 1 aromatic carbocycles. The van der Waals surface area contributed by atoms with Crippen LogP contribution in [-0.2, 0) is 20.4 Å². The zero-order chi connectivity index (χ0) is 25.3. The van der Waals surface area contributed by atoms with E-state index in [-0.39, 0.29) is 30.1 Å². The number of alkyl halides is 3. The predicted molar refractivity (Wildman–Crippen MR) is 128 cm³/mol. The molecule has 0 bridgehead atoms. The third kappa shape index (κ3) is 5.37. The van der Waals surface area contributed by atoms with Crippen molar-refractivity contribution in [1.29, 1.82) is 0 Å². The van der Waals surface area contributed by atoms with Crippen molar-refractivity contribution in [2.24, 2.45) is 5.41 Å². The van der Waals surface area contributed by atoms with Crippen molar-refractivity contribution in [2.45, 2.75) is 29.2 Å². The molecule has 12 heteroatoms. The number of piperazine rings is 1. The molecule has 4 rings (SSSR count). The van der Waals surface area contributed by atoms with Crippen molar-refractivity contribution >= 4 is 27.0 Å². The minimum Gasteiger partial charge on any atom is -0.380 e. The number of benzene rings is 1.